The number of halogens is 1. The molecule has 2 atom stereocenters. The lowest BCUT2D eigenvalue weighted by Gasteiger charge is -2.28. The number of rotatable bonds is 11. The lowest BCUT2D eigenvalue weighted by molar-refractivity contribution is -0.129. The van der Waals surface area contributed by atoms with Crippen LogP contribution in [-0.2, 0) is 27.3 Å². The van der Waals surface area contributed by atoms with Gasteiger partial charge >= 0.3 is 0 Å². The summed E-state index contributed by atoms with van der Waals surface area (Å²) in [6, 6.07) is 34.5. The van der Waals surface area contributed by atoms with E-state index in [0.717, 1.165) is 16.7 Å². The van der Waals surface area contributed by atoms with Crippen molar-refractivity contribution >= 4 is 11.6 Å². The van der Waals surface area contributed by atoms with Crippen molar-refractivity contribution in [3.05, 3.63) is 137 Å². The van der Waals surface area contributed by atoms with E-state index in [1.165, 1.54) is 6.07 Å². The molecule has 4 aromatic carbocycles. The van der Waals surface area contributed by atoms with Crippen LogP contribution in [0.25, 0.3) is 0 Å². The maximum Gasteiger partial charge on any atom is 0.254 e. The van der Waals surface area contributed by atoms with Gasteiger partial charge in [0.05, 0.1) is 13.2 Å². The van der Waals surface area contributed by atoms with Gasteiger partial charge in [0.15, 0.2) is 0 Å². The second-order valence-electron chi connectivity index (χ2n) is 11.0. The Kier molecular flexibility index (Phi) is 9.24. The van der Waals surface area contributed by atoms with Crippen LogP contribution >= 0.6 is 0 Å². The van der Waals surface area contributed by atoms with Gasteiger partial charge < -0.3 is 14.8 Å². The Morgan fingerprint density at radius 1 is 0.927 bits per heavy atom. The Hall–Kier alpha value is -3.84. The van der Waals surface area contributed by atoms with Crippen LogP contribution in [0.4, 0.5) is 10.1 Å². The molecule has 0 spiro atoms. The van der Waals surface area contributed by atoms with Crippen LogP contribution < -0.4 is 10.6 Å². The molecule has 0 saturated carbocycles. The molecule has 0 aliphatic carbocycles. The van der Waals surface area contributed by atoms with Gasteiger partial charge in [-0.05, 0) is 55.5 Å². The van der Waals surface area contributed by atoms with Crippen LogP contribution in [0.2, 0.25) is 0 Å². The van der Waals surface area contributed by atoms with Crippen LogP contribution in [0.15, 0.2) is 109 Å². The van der Waals surface area contributed by atoms with E-state index in [1.54, 1.807) is 12.1 Å². The summed E-state index contributed by atoms with van der Waals surface area (Å²) in [5.41, 5.74) is 3.42. The lowest BCUT2D eigenvalue weighted by atomic mass is 9.86. The fourth-order valence-electron chi connectivity index (χ4n) is 5.44. The summed E-state index contributed by atoms with van der Waals surface area (Å²) in [7, 11) is 0. The fraction of sp³-hybridized carbons (Fsp3) is 0.286. The van der Waals surface area contributed by atoms with Crippen molar-refractivity contribution in [2.45, 2.75) is 57.1 Å². The van der Waals surface area contributed by atoms with E-state index in [0.29, 0.717) is 30.7 Å². The number of ether oxygens (including phenoxy) is 2. The zero-order valence-electron chi connectivity index (χ0n) is 23.6. The molecule has 1 saturated heterocycles. The molecular formula is C35H37FN2O3. The quantitative estimate of drug-likeness (QED) is 0.214. The van der Waals surface area contributed by atoms with Gasteiger partial charge in [-0.25, -0.2) is 4.39 Å². The SMILES string of the molecule is CC1(C)NC(CCc2c(F)cccc2NC(=O)C(OCc2ccccc2)C(c2ccccc2)c2ccccc2)CO1. The van der Waals surface area contributed by atoms with Crippen molar-refractivity contribution in [3.63, 3.8) is 0 Å². The Balaban J connectivity index is 1.44. The summed E-state index contributed by atoms with van der Waals surface area (Å²) < 4.78 is 27.4. The average Bonchev–Trinajstić information content (AvgIpc) is 3.34. The third kappa shape index (κ3) is 7.47. The van der Waals surface area contributed by atoms with Crippen LogP contribution in [0, 0.1) is 5.82 Å². The van der Waals surface area contributed by atoms with Crippen LogP contribution in [0.1, 0.15) is 48.4 Å². The number of hydrogen-bond donors (Lipinski definition) is 2. The monoisotopic (exact) mass is 552 g/mol. The summed E-state index contributed by atoms with van der Waals surface area (Å²) in [6.07, 6.45) is 0.259. The van der Waals surface area contributed by atoms with Crippen molar-refractivity contribution in [2.75, 3.05) is 11.9 Å². The van der Waals surface area contributed by atoms with Crippen molar-refractivity contribution < 1.29 is 18.7 Å². The molecule has 4 aromatic rings. The van der Waals surface area contributed by atoms with Gasteiger partial charge in [0, 0.05) is 23.2 Å². The molecule has 212 valence electrons. The van der Waals surface area contributed by atoms with E-state index in [-0.39, 0.29) is 30.3 Å². The Labute approximate surface area is 241 Å². The Bertz CT molecular complexity index is 1370. The molecule has 5 nitrogen and oxygen atoms in total. The maximum atomic E-state index is 15.2. The first-order valence-corrected chi connectivity index (χ1v) is 14.1. The molecule has 41 heavy (non-hydrogen) atoms. The molecular weight excluding hydrogens is 515 g/mol. The van der Waals surface area contributed by atoms with Crippen molar-refractivity contribution in [2.24, 2.45) is 0 Å². The predicted molar refractivity (Wildman–Crippen MR) is 160 cm³/mol. The topological polar surface area (TPSA) is 59.6 Å². The van der Waals surface area contributed by atoms with Gasteiger partial charge in [-0.3, -0.25) is 10.1 Å². The zero-order chi connectivity index (χ0) is 28.7. The number of hydrogen-bond acceptors (Lipinski definition) is 4. The van der Waals surface area contributed by atoms with Gasteiger partial charge in [-0.1, -0.05) is 97.1 Å². The highest BCUT2D eigenvalue weighted by atomic mass is 19.1. The molecule has 0 aromatic heterocycles. The second kappa shape index (κ2) is 13.2. The van der Waals surface area contributed by atoms with Gasteiger partial charge in [0.1, 0.15) is 17.6 Å². The Morgan fingerprint density at radius 2 is 1.54 bits per heavy atom. The van der Waals surface area contributed by atoms with E-state index >= 15 is 4.39 Å². The third-order valence-corrected chi connectivity index (χ3v) is 7.47. The highest BCUT2D eigenvalue weighted by Crippen LogP contribution is 2.32. The minimum atomic E-state index is -0.873. The van der Waals surface area contributed by atoms with E-state index < -0.39 is 11.8 Å². The van der Waals surface area contributed by atoms with Crippen molar-refractivity contribution in [3.8, 4) is 0 Å². The molecule has 1 amide bonds. The summed E-state index contributed by atoms with van der Waals surface area (Å²) >= 11 is 0. The minimum absolute atomic E-state index is 0.107. The van der Waals surface area contributed by atoms with Gasteiger partial charge in [-0.2, -0.15) is 0 Å². The minimum Gasteiger partial charge on any atom is -0.363 e. The second-order valence-corrected chi connectivity index (χ2v) is 11.0. The summed E-state index contributed by atoms with van der Waals surface area (Å²) in [6.45, 7) is 4.78. The molecule has 2 N–H and O–H groups in total. The molecule has 1 fully saturated rings. The number of benzene rings is 4. The standard InChI is InChI=1S/C35H37FN2O3/c1-35(2)38-28(24-41-35)21-22-29-30(36)19-12-20-31(29)37-34(39)33(40-23-25-13-6-3-7-14-25)32(26-15-8-4-9-16-26)27-17-10-5-11-18-27/h3-20,28,32-33,38H,21-24H2,1-2H3,(H,37,39). The number of carbonyl (C=O) groups is 1. The van der Waals surface area contributed by atoms with E-state index in [1.807, 2.05) is 105 Å². The van der Waals surface area contributed by atoms with E-state index in [2.05, 4.69) is 10.6 Å². The molecule has 0 bridgehead atoms. The highest BCUT2D eigenvalue weighted by Gasteiger charge is 2.33. The molecule has 2 unspecified atom stereocenters. The third-order valence-electron chi connectivity index (χ3n) is 7.47. The first-order valence-electron chi connectivity index (χ1n) is 14.1. The molecule has 1 heterocycles. The largest absolute Gasteiger partial charge is 0.363 e. The van der Waals surface area contributed by atoms with Gasteiger partial charge in [0.25, 0.3) is 5.91 Å². The molecule has 1 aliphatic heterocycles. The molecule has 6 heteroatoms. The fourth-order valence-corrected chi connectivity index (χ4v) is 5.44. The molecule has 5 rings (SSSR count). The van der Waals surface area contributed by atoms with E-state index in [4.69, 9.17) is 9.47 Å². The number of nitrogens with one attached hydrogen (secondary N) is 2. The van der Waals surface area contributed by atoms with E-state index in [9.17, 15) is 4.79 Å². The summed E-state index contributed by atoms with van der Waals surface area (Å²) in [5.74, 6) is -1.04. The van der Waals surface area contributed by atoms with Crippen molar-refractivity contribution in [1.82, 2.24) is 5.32 Å². The number of carbonyl (C=O) groups excluding carboxylic acids is 1. The summed E-state index contributed by atoms with van der Waals surface area (Å²) in [4.78, 5) is 14.1. The number of anilines is 1. The maximum absolute atomic E-state index is 15.2. The van der Waals surface area contributed by atoms with Crippen LogP contribution in [-0.4, -0.2) is 30.4 Å². The highest BCUT2D eigenvalue weighted by molar-refractivity contribution is 5.96. The van der Waals surface area contributed by atoms with Crippen LogP contribution in [0.3, 0.4) is 0 Å². The predicted octanol–water partition coefficient (Wildman–Crippen LogP) is 6.84. The van der Waals surface area contributed by atoms with Crippen LogP contribution in [0.5, 0.6) is 0 Å². The first-order chi connectivity index (χ1) is 19.9. The lowest BCUT2D eigenvalue weighted by Crippen LogP contribution is -2.38. The Morgan fingerprint density at radius 3 is 2.12 bits per heavy atom. The normalized spacial score (nSPS) is 16.9. The molecule has 1 aliphatic rings. The zero-order valence-corrected chi connectivity index (χ0v) is 23.6. The number of amides is 1. The molecule has 0 radical (unpaired) electrons. The summed E-state index contributed by atoms with van der Waals surface area (Å²) in [5, 5.41) is 6.47. The van der Waals surface area contributed by atoms with Gasteiger partial charge in [-0.15, -0.1) is 0 Å². The van der Waals surface area contributed by atoms with Crippen molar-refractivity contribution in [1.29, 1.82) is 0 Å². The first kappa shape index (κ1) is 28.7. The van der Waals surface area contributed by atoms with Gasteiger partial charge in [0.2, 0.25) is 0 Å². The average molecular weight is 553 g/mol. The smallest absolute Gasteiger partial charge is 0.254 e.